The maximum absolute atomic E-state index is 12.8. The third kappa shape index (κ3) is 8.05. The Bertz CT molecular complexity index is 1060. The van der Waals surface area contributed by atoms with Gasteiger partial charge in [-0.3, -0.25) is 19.7 Å². The van der Waals surface area contributed by atoms with Gasteiger partial charge in [0, 0.05) is 18.7 Å². The van der Waals surface area contributed by atoms with Gasteiger partial charge in [0.15, 0.2) is 5.11 Å². The lowest BCUT2D eigenvalue weighted by Gasteiger charge is -2.36. The molecule has 0 radical (unpaired) electrons. The highest BCUT2D eigenvalue weighted by Gasteiger charge is 2.34. The summed E-state index contributed by atoms with van der Waals surface area (Å²) in [6.45, 7) is 4.96. The molecular formula is C27H33N3O5S. The number of nitrogens with one attached hydrogen (secondary N) is 2. The molecule has 0 bridgehead atoms. The average Bonchev–Trinajstić information content (AvgIpc) is 2.88. The van der Waals surface area contributed by atoms with E-state index in [1.54, 1.807) is 29.2 Å². The molecule has 0 saturated carbocycles. The van der Waals surface area contributed by atoms with Crippen LogP contribution in [0.5, 0.6) is 5.75 Å². The summed E-state index contributed by atoms with van der Waals surface area (Å²) in [4.78, 5) is 39.4. The van der Waals surface area contributed by atoms with E-state index in [4.69, 9.17) is 21.7 Å². The average molecular weight is 512 g/mol. The third-order valence-electron chi connectivity index (χ3n) is 5.90. The minimum Gasteiger partial charge on any atom is -0.491 e. The van der Waals surface area contributed by atoms with Gasteiger partial charge < -0.3 is 19.7 Å². The summed E-state index contributed by atoms with van der Waals surface area (Å²) < 4.78 is 11.1. The van der Waals surface area contributed by atoms with Gasteiger partial charge in [0.1, 0.15) is 11.8 Å². The summed E-state index contributed by atoms with van der Waals surface area (Å²) in [7, 11) is 0. The van der Waals surface area contributed by atoms with Gasteiger partial charge in [0.2, 0.25) is 5.91 Å². The minimum atomic E-state index is -0.853. The molecule has 192 valence electrons. The van der Waals surface area contributed by atoms with Crippen LogP contribution in [0.4, 0.5) is 0 Å². The van der Waals surface area contributed by atoms with Crippen LogP contribution in [0.25, 0.3) is 0 Å². The van der Waals surface area contributed by atoms with Crippen LogP contribution < -0.4 is 15.4 Å². The number of carbonyl (C=O) groups excluding carboxylic acids is 3. The van der Waals surface area contributed by atoms with Crippen LogP contribution in [0.1, 0.15) is 49.0 Å². The van der Waals surface area contributed by atoms with Gasteiger partial charge >= 0.3 is 5.97 Å². The van der Waals surface area contributed by atoms with Crippen molar-refractivity contribution in [2.75, 3.05) is 19.7 Å². The quantitative estimate of drug-likeness (QED) is 0.287. The zero-order valence-electron chi connectivity index (χ0n) is 20.7. The van der Waals surface area contributed by atoms with E-state index in [2.05, 4.69) is 10.6 Å². The highest BCUT2D eigenvalue weighted by molar-refractivity contribution is 7.80. The Labute approximate surface area is 217 Å². The predicted octanol–water partition coefficient (Wildman–Crippen LogP) is 3.25. The van der Waals surface area contributed by atoms with Crippen LogP contribution >= 0.6 is 12.2 Å². The van der Waals surface area contributed by atoms with E-state index in [1.807, 2.05) is 44.2 Å². The van der Waals surface area contributed by atoms with E-state index in [1.165, 1.54) is 5.56 Å². The Balaban J connectivity index is 1.54. The molecule has 36 heavy (non-hydrogen) atoms. The normalized spacial score (nSPS) is 16.0. The number of hydrogen-bond acceptors (Lipinski definition) is 6. The zero-order valence-corrected chi connectivity index (χ0v) is 21.5. The van der Waals surface area contributed by atoms with Gasteiger partial charge in [-0.15, -0.1) is 0 Å². The van der Waals surface area contributed by atoms with Crippen molar-refractivity contribution in [2.24, 2.45) is 0 Å². The van der Waals surface area contributed by atoms with Crippen molar-refractivity contribution in [3.63, 3.8) is 0 Å². The molecule has 2 amide bonds. The van der Waals surface area contributed by atoms with Crippen molar-refractivity contribution in [2.45, 2.75) is 51.7 Å². The number of amides is 2. The maximum atomic E-state index is 12.8. The van der Waals surface area contributed by atoms with Crippen molar-refractivity contribution in [1.82, 2.24) is 15.5 Å². The van der Waals surface area contributed by atoms with E-state index in [0.29, 0.717) is 30.8 Å². The van der Waals surface area contributed by atoms with E-state index in [0.717, 1.165) is 12.8 Å². The molecule has 8 nitrogen and oxygen atoms in total. The van der Waals surface area contributed by atoms with E-state index in [9.17, 15) is 14.4 Å². The van der Waals surface area contributed by atoms with Gasteiger partial charge in [-0.1, -0.05) is 43.3 Å². The molecular weight excluding hydrogens is 478 g/mol. The number of rotatable bonds is 10. The molecule has 2 unspecified atom stereocenters. The molecule has 0 aromatic heterocycles. The highest BCUT2D eigenvalue weighted by Crippen LogP contribution is 2.17. The number of hydrogen-bond donors (Lipinski definition) is 2. The second-order valence-electron chi connectivity index (χ2n) is 8.64. The zero-order chi connectivity index (χ0) is 25.9. The van der Waals surface area contributed by atoms with E-state index in [-0.39, 0.29) is 30.2 Å². The van der Waals surface area contributed by atoms with Crippen LogP contribution in [0.3, 0.4) is 0 Å². The second kappa shape index (κ2) is 13.6. The first-order valence-electron chi connectivity index (χ1n) is 12.2. The van der Waals surface area contributed by atoms with Crippen molar-refractivity contribution in [1.29, 1.82) is 0 Å². The predicted molar refractivity (Wildman–Crippen MR) is 141 cm³/mol. The highest BCUT2D eigenvalue weighted by atomic mass is 32.1. The lowest BCUT2D eigenvalue weighted by molar-refractivity contribution is -0.147. The molecule has 0 aliphatic carbocycles. The number of nitrogens with zero attached hydrogens (tertiary/aromatic N) is 1. The van der Waals surface area contributed by atoms with Crippen LogP contribution in [0.2, 0.25) is 0 Å². The summed E-state index contributed by atoms with van der Waals surface area (Å²) in [5.41, 5.74) is 1.55. The first-order valence-corrected chi connectivity index (χ1v) is 12.6. The molecule has 2 N–H and O–H groups in total. The van der Waals surface area contributed by atoms with Crippen molar-refractivity contribution in [3.8, 4) is 5.75 Å². The molecule has 1 fully saturated rings. The Hall–Kier alpha value is -3.46. The largest absolute Gasteiger partial charge is 0.491 e. The molecule has 1 saturated heterocycles. The molecule has 2 aromatic rings. The van der Waals surface area contributed by atoms with Crippen LogP contribution in [0, 0.1) is 0 Å². The van der Waals surface area contributed by atoms with E-state index < -0.39 is 17.9 Å². The minimum absolute atomic E-state index is 0.0232. The van der Waals surface area contributed by atoms with Gasteiger partial charge in [-0.25, -0.2) is 0 Å². The Morgan fingerprint density at radius 2 is 1.97 bits per heavy atom. The number of esters is 1. The number of piperazine rings is 1. The molecule has 0 spiro atoms. The first-order chi connectivity index (χ1) is 17.4. The molecule has 3 rings (SSSR count). The number of ether oxygens (including phenoxy) is 2. The Kier molecular flexibility index (Phi) is 10.2. The number of aryl methyl sites for hydroxylation is 1. The molecule has 1 aliphatic rings. The lowest BCUT2D eigenvalue weighted by Crippen LogP contribution is -2.60. The second-order valence-corrected chi connectivity index (χ2v) is 9.02. The number of thiocarbonyl (C=S) groups is 1. The number of benzene rings is 2. The molecule has 1 heterocycles. The SMILES string of the molecule is CCC(C)Oc1cccc(C(=O)NC(=S)N2CCNC(=O)C2CC(=O)OCCCc2ccccc2)c1. The van der Waals surface area contributed by atoms with Crippen LogP contribution in [-0.4, -0.2) is 59.6 Å². The maximum Gasteiger partial charge on any atom is 0.308 e. The van der Waals surface area contributed by atoms with Crippen molar-refractivity contribution < 1.29 is 23.9 Å². The summed E-state index contributed by atoms with van der Waals surface area (Å²) in [6.07, 6.45) is 2.18. The van der Waals surface area contributed by atoms with Crippen LogP contribution in [-0.2, 0) is 20.7 Å². The smallest absolute Gasteiger partial charge is 0.308 e. The summed E-state index contributed by atoms with van der Waals surface area (Å²) in [5.74, 6) is -0.641. The van der Waals surface area contributed by atoms with Gasteiger partial charge in [-0.05, 0) is 62.2 Å². The first kappa shape index (κ1) is 27.1. The Morgan fingerprint density at radius 1 is 1.19 bits per heavy atom. The fourth-order valence-corrected chi connectivity index (χ4v) is 4.06. The molecule has 1 aliphatic heterocycles. The summed E-state index contributed by atoms with van der Waals surface area (Å²) in [5, 5.41) is 5.52. The fraction of sp³-hybridized carbons (Fsp3) is 0.407. The van der Waals surface area contributed by atoms with Gasteiger partial charge in [0.05, 0.1) is 19.1 Å². The Morgan fingerprint density at radius 3 is 2.72 bits per heavy atom. The topological polar surface area (TPSA) is 97.0 Å². The standard InChI is InChI=1S/C27H33N3O5S/c1-3-19(2)35-22-13-7-12-21(17-22)25(32)29-27(36)30-15-14-28-26(33)23(30)18-24(31)34-16-8-11-20-9-5-4-6-10-20/h4-7,9-10,12-13,17,19,23H,3,8,11,14-16,18H2,1-2H3,(H,28,33)(H,29,32,36). The summed E-state index contributed by atoms with van der Waals surface area (Å²) >= 11 is 5.45. The van der Waals surface area contributed by atoms with Gasteiger partial charge in [-0.2, -0.15) is 0 Å². The molecule has 2 atom stereocenters. The van der Waals surface area contributed by atoms with Crippen LogP contribution in [0.15, 0.2) is 54.6 Å². The lowest BCUT2D eigenvalue weighted by atomic mass is 10.1. The van der Waals surface area contributed by atoms with E-state index >= 15 is 0 Å². The van der Waals surface area contributed by atoms with Crippen molar-refractivity contribution >= 4 is 35.1 Å². The fourth-order valence-electron chi connectivity index (χ4n) is 3.75. The van der Waals surface area contributed by atoms with Crippen molar-refractivity contribution in [3.05, 3.63) is 65.7 Å². The third-order valence-corrected chi connectivity index (χ3v) is 6.23. The molecule has 2 aromatic carbocycles. The molecule has 9 heteroatoms. The summed E-state index contributed by atoms with van der Waals surface area (Å²) in [6, 6.07) is 15.9. The monoisotopic (exact) mass is 511 g/mol. The number of carbonyl (C=O) groups is 3. The van der Waals surface area contributed by atoms with Gasteiger partial charge in [0.25, 0.3) is 5.91 Å².